The lowest BCUT2D eigenvalue weighted by Crippen LogP contribution is -2.11. The molecule has 0 aliphatic carbocycles. The molecule has 0 N–H and O–H groups in total. The predicted octanol–water partition coefficient (Wildman–Crippen LogP) is 6.40. The Labute approximate surface area is 172 Å². The van der Waals surface area contributed by atoms with Gasteiger partial charge in [0.2, 0.25) is 5.90 Å². The Balaban J connectivity index is 1.89. The molecule has 3 aromatic carbocycles. The van der Waals surface area contributed by atoms with Gasteiger partial charge in [-0.3, -0.25) is 0 Å². The number of hydrogen-bond donors (Lipinski definition) is 0. The molecule has 0 atom stereocenters. The van der Waals surface area contributed by atoms with Gasteiger partial charge in [0, 0.05) is 5.57 Å². The number of hydrogen-bond acceptors (Lipinski definition) is 4. The molecule has 0 saturated carbocycles. The van der Waals surface area contributed by atoms with Gasteiger partial charge in [0.1, 0.15) is 17.2 Å². The molecule has 29 heavy (non-hydrogen) atoms. The fraction of sp³-hybridized carbons (Fsp3) is 0.160. The molecule has 0 aromatic heterocycles. The maximum Gasteiger partial charge on any atom is 0.225 e. The first-order valence-corrected chi connectivity index (χ1v) is 9.41. The van der Waals surface area contributed by atoms with Crippen LogP contribution in [0.3, 0.4) is 0 Å². The average Bonchev–Trinajstić information content (AvgIpc) is 2.72. The molecule has 0 heterocycles. The van der Waals surface area contributed by atoms with Crippen molar-refractivity contribution in [1.82, 2.24) is 0 Å². The molecule has 4 heteroatoms. The van der Waals surface area contributed by atoms with E-state index in [-0.39, 0.29) is 0 Å². The zero-order valence-electron chi connectivity index (χ0n) is 17.2. The van der Waals surface area contributed by atoms with Crippen molar-refractivity contribution in [2.75, 3.05) is 7.11 Å². The van der Waals surface area contributed by atoms with Gasteiger partial charge < -0.3 is 14.2 Å². The number of nitrogens with zero attached hydrogens (tertiary/aromatic N) is 1. The van der Waals surface area contributed by atoms with Gasteiger partial charge >= 0.3 is 0 Å². The van der Waals surface area contributed by atoms with Crippen LogP contribution in [0.5, 0.6) is 17.2 Å². The minimum atomic E-state index is 0.466. The van der Waals surface area contributed by atoms with Gasteiger partial charge in [-0.15, -0.1) is 0 Å². The minimum absolute atomic E-state index is 0.466. The number of aryl methyl sites for hydroxylation is 2. The predicted molar refractivity (Wildman–Crippen MR) is 117 cm³/mol. The van der Waals surface area contributed by atoms with Crippen molar-refractivity contribution in [3.8, 4) is 17.2 Å². The summed E-state index contributed by atoms with van der Waals surface area (Å²) in [6.07, 6.45) is 1.66. The second kappa shape index (κ2) is 9.60. The van der Waals surface area contributed by atoms with Crippen LogP contribution in [-0.4, -0.2) is 13.0 Å². The number of benzene rings is 3. The first-order valence-electron chi connectivity index (χ1n) is 9.41. The molecule has 0 radical (unpaired) electrons. The Kier molecular flexibility index (Phi) is 6.69. The largest absolute Gasteiger partial charge is 0.497 e. The van der Waals surface area contributed by atoms with E-state index in [1.165, 1.54) is 0 Å². The highest BCUT2D eigenvalue weighted by Gasteiger charge is 2.08. The summed E-state index contributed by atoms with van der Waals surface area (Å²) >= 11 is 0. The van der Waals surface area contributed by atoms with E-state index in [9.17, 15) is 0 Å². The van der Waals surface area contributed by atoms with Crippen molar-refractivity contribution in [2.24, 2.45) is 4.99 Å². The van der Waals surface area contributed by atoms with Crippen LogP contribution >= 0.6 is 0 Å². The third-order valence-corrected chi connectivity index (χ3v) is 4.21. The zero-order valence-corrected chi connectivity index (χ0v) is 17.2. The van der Waals surface area contributed by atoms with Crippen LogP contribution in [0.2, 0.25) is 0 Å². The summed E-state index contributed by atoms with van der Waals surface area (Å²) in [7, 11) is 1.64. The highest BCUT2D eigenvalue weighted by atomic mass is 16.5. The van der Waals surface area contributed by atoms with E-state index >= 15 is 0 Å². The monoisotopic (exact) mass is 387 g/mol. The Morgan fingerprint density at radius 1 is 0.793 bits per heavy atom. The van der Waals surface area contributed by atoms with Crippen molar-refractivity contribution >= 4 is 11.6 Å². The SMILES string of the molecule is COc1ccc(/N=C(Oc2cccc(C)c2)\C(C)=C\Oc2cccc(C)c2)cc1. The highest BCUT2D eigenvalue weighted by molar-refractivity contribution is 5.96. The van der Waals surface area contributed by atoms with Crippen LogP contribution in [0.25, 0.3) is 0 Å². The average molecular weight is 387 g/mol. The summed E-state index contributed by atoms with van der Waals surface area (Å²) in [6.45, 7) is 5.96. The second-order valence-corrected chi connectivity index (χ2v) is 6.77. The summed E-state index contributed by atoms with van der Waals surface area (Å²) in [5.74, 6) is 2.73. The zero-order chi connectivity index (χ0) is 20.6. The van der Waals surface area contributed by atoms with Crippen molar-refractivity contribution in [3.05, 3.63) is 95.8 Å². The van der Waals surface area contributed by atoms with Gasteiger partial charge in [0.25, 0.3) is 0 Å². The van der Waals surface area contributed by atoms with Crippen LogP contribution in [0.15, 0.2) is 89.6 Å². The molecule has 3 rings (SSSR count). The normalized spacial score (nSPS) is 11.9. The number of rotatable bonds is 6. The van der Waals surface area contributed by atoms with Gasteiger partial charge in [-0.2, -0.15) is 0 Å². The maximum atomic E-state index is 6.10. The van der Waals surface area contributed by atoms with E-state index in [0.29, 0.717) is 5.90 Å². The molecule has 3 aromatic rings. The fourth-order valence-electron chi connectivity index (χ4n) is 2.65. The summed E-state index contributed by atoms with van der Waals surface area (Å²) in [4.78, 5) is 4.68. The van der Waals surface area contributed by atoms with Crippen molar-refractivity contribution < 1.29 is 14.2 Å². The maximum absolute atomic E-state index is 6.10. The third kappa shape index (κ3) is 5.98. The minimum Gasteiger partial charge on any atom is -0.497 e. The molecule has 0 unspecified atom stereocenters. The van der Waals surface area contributed by atoms with Gasteiger partial charge in [0.05, 0.1) is 19.1 Å². The number of aliphatic imine (C=N–C) groups is 1. The van der Waals surface area contributed by atoms with Crippen LogP contribution in [0.1, 0.15) is 18.1 Å². The smallest absolute Gasteiger partial charge is 0.225 e. The first-order chi connectivity index (χ1) is 14.0. The van der Waals surface area contributed by atoms with E-state index in [0.717, 1.165) is 39.6 Å². The van der Waals surface area contributed by atoms with Gasteiger partial charge in [-0.1, -0.05) is 24.3 Å². The summed E-state index contributed by atoms with van der Waals surface area (Å²) in [5, 5.41) is 0. The lowest BCUT2D eigenvalue weighted by Gasteiger charge is -2.11. The quantitative estimate of drug-likeness (QED) is 0.279. The van der Waals surface area contributed by atoms with Crippen molar-refractivity contribution in [2.45, 2.75) is 20.8 Å². The van der Waals surface area contributed by atoms with Crippen LogP contribution in [0, 0.1) is 13.8 Å². The van der Waals surface area contributed by atoms with Crippen molar-refractivity contribution in [3.63, 3.8) is 0 Å². The molecule has 0 aliphatic heterocycles. The molecule has 0 spiro atoms. The lowest BCUT2D eigenvalue weighted by atomic mass is 10.2. The molecule has 148 valence electrons. The fourth-order valence-corrected chi connectivity index (χ4v) is 2.65. The molecule has 0 amide bonds. The van der Waals surface area contributed by atoms with Gasteiger partial charge in [-0.25, -0.2) is 4.99 Å². The molecular formula is C25H25NO3. The van der Waals surface area contributed by atoms with Gasteiger partial charge in [0.15, 0.2) is 0 Å². The Morgan fingerprint density at radius 2 is 1.41 bits per heavy atom. The summed E-state index contributed by atoms with van der Waals surface area (Å²) < 4.78 is 17.1. The molecule has 0 fully saturated rings. The summed E-state index contributed by atoms with van der Waals surface area (Å²) in [5.41, 5.74) is 3.78. The summed E-state index contributed by atoms with van der Waals surface area (Å²) in [6, 6.07) is 23.2. The van der Waals surface area contributed by atoms with Crippen LogP contribution in [0.4, 0.5) is 5.69 Å². The molecule has 4 nitrogen and oxygen atoms in total. The van der Waals surface area contributed by atoms with E-state index in [1.54, 1.807) is 13.4 Å². The van der Waals surface area contributed by atoms with Crippen LogP contribution < -0.4 is 14.2 Å². The second-order valence-electron chi connectivity index (χ2n) is 6.77. The van der Waals surface area contributed by atoms with E-state index in [2.05, 4.69) is 4.99 Å². The van der Waals surface area contributed by atoms with E-state index < -0.39 is 0 Å². The Morgan fingerprint density at radius 3 is 2.03 bits per heavy atom. The molecular weight excluding hydrogens is 362 g/mol. The molecule has 0 bridgehead atoms. The van der Waals surface area contributed by atoms with Gasteiger partial charge in [-0.05, 0) is 80.4 Å². The third-order valence-electron chi connectivity index (χ3n) is 4.21. The Hall–Kier alpha value is -3.53. The first kappa shape index (κ1) is 20.2. The van der Waals surface area contributed by atoms with Crippen molar-refractivity contribution in [1.29, 1.82) is 0 Å². The standard InChI is InChI=1S/C25H25NO3/c1-18-7-5-9-23(15-18)28-17-20(3)25(29-24-10-6-8-19(2)16-24)26-21-11-13-22(27-4)14-12-21/h5-17H,1-4H3/b20-17+,26-25+. The molecule has 0 aliphatic rings. The van der Waals surface area contributed by atoms with Crippen LogP contribution in [-0.2, 0) is 0 Å². The number of ether oxygens (including phenoxy) is 3. The topological polar surface area (TPSA) is 40.0 Å². The number of methoxy groups -OCH3 is 1. The molecule has 0 saturated heterocycles. The van der Waals surface area contributed by atoms with E-state index in [4.69, 9.17) is 14.2 Å². The van der Waals surface area contributed by atoms with E-state index in [1.807, 2.05) is 93.6 Å². The lowest BCUT2D eigenvalue weighted by molar-refractivity contribution is 0.415. The highest BCUT2D eigenvalue weighted by Crippen LogP contribution is 2.22. The Bertz CT molecular complexity index is 1020.